The number of hydrogen-bond acceptors (Lipinski definition) is 3. The zero-order valence-electron chi connectivity index (χ0n) is 11.5. The summed E-state index contributed by atoms with van der Waals surface area (Å²) in [6.45, 7) is 8.25. The highest BCUT2D eigenvalue weighted by Crippen LogP contribution is 2.26. The van der Waals surface area contributed by atoms with Gasteiger partial charge in [-0.25, -0.2) is 4.39 Å². The van der Waals surface area contributed by atoms with Crippen LogP contribution in [0.1, 0.15) is 39.3 Å². The Bertz CT molecular complexity index is 388. The third-order valence-electron chi connectivity index (χ3n) is 2.53. The number of benzene rings is 1. The molecule has 4 heteroatoms. The Morgan fingerprint density at radius 3 is 2.67 bits per heavy atom. The van der Waals surface area contributed by atoms with Gasteiger partial charge in [-0.15, -0.1) is 0 Å². The smallest absolute Gasteiger partial charge is 0.124 e. The second kappa shape index (κ2) is 6.16. The standard InChI is InChI=1S/C14H22FNO2/c1-5-16-10(2)12-8-11(15)6-7-13(12)18-9-14(3,4)17/h6-8,10,16-17H,5,9H2,1-4H3. The Balaban J connectivity index is 2.89. The minimum Gasteiger partial charge on any atom is -0.490 e. The van der Waals surface area contributed by atoms with E-state index in [-0.39, 0.29) is 18.5 Å². The molecule has 0 spiro atoms. The normalized spacial score (nSPS) is 13.4. The van der Waals surface area contributed by atoms with Crippen molar-refractivity contribution in [3.05, 3.63) is 29.6 Å². The molecule has 0 amide bonds. The molecule has 0 heterocycles. The van der Waals surface area contributed by atoms with E-state index in [0.29, 0.717) is 5.75 Å². The van der Waals surface area contributed by atoms with Gasteiger partial charge in [0.05, 0.1) is 5.60 Å². The number of hydrogen-bond donors (Lipinski definition) is 2. The SMILES string of the molecule is CCNC(C)c1cc(F)ccc1OCC(C)(C)O. The van der Waals surface area contributed by atoms with Crippen LogP contribution >= 0.6 is 0 Å². The van der Waals surface area contributed by atoms with E-state index in [1.165, 1.54) is 12.1 Å². The summed E-state index contributed by atoms with van der Waals surface area (Å²) in [6.07, 6.45) is 0. The van der Waals surface area contributed by atoms with Gasteiger partial charge in [0.15, 0.2) is 0 Å². The fraction of sp³-hybridized carbons (Fsp3) is 0.571. The van der Waals surface area contributed by atoms with Crippen molar-refractivity contribution in [2.24, 2.45) is 0 Å². The molecular weight excluding hydrogens is 233 g/mol. The molecule has 1 unspecified atom stereocenters. The first kappa shape index (κ1) is 14.9. The van der Waals surface area contributed by atoms with Crippen molar-refractivity contribution in [3.63, 3.8) is 0 Å². The van der Waals surface area contributed by atoms with E-state index in [0.717, 1.165) is 12.1 Å². The Kier molecular flexibility index (Phi) is 5.11. The zero-order chi connectivity index (χ0) is 13.8. The first-order chi connectivity index (χ1) is 8.33. The third kappa shape index (κ3) is 4.63. The summed E-state index contributed by atoms with van der Waals surface area (Å²) in [5, 5.41) is 12.9. The van der Waals surface area contributed by atoms with Crippen LogP contribution < -0.4 is 10.1 Å². The van der Waals surface area contributed by atoms with Crippen LogP contribution in [0.25, 0.3) is 0 Å². The molecule has 0 aromatic heterocycles. The third-order valence-corrected chi connectivity index (χ3v) is 2.53. The maximum Gasteiger partial charge on any atom is 0.124 e. The zero-order valence-corrected chi connectivity index (χ0v) is 11.5. The lowest BCUT2D eigenvalue weighted by Gasteiger charge is -2.22. The van der Waals surface area contributed by atoms with Crippen LogP contribution in [0, 0.1) is 5.82 Å². The number of rotatable bonds is 6. The number of nitrogens with one attached hydrogen (secondary N) is 1. The predicted octanol–water partition coefficient (Wildman–Crippen LogP) is 2.65. The molecule has 1 aromatic rings. The van der Waals surface area contributed by atoms with Gasteiger partial charge in [0, 0.05) is 11.6 Å². The van der Waals surface area contributed by atoms with E-state index in [4.69, 9.17) is 4.74 Å². The molecule has 1 atom stereocenters. The van der Waals surface area contributed by atoms with Crippen LogP contribution in [-0.4, -0.2) is 23.9 Å². The maximum atomic E-state index is 13.3. The molecule has 0 saturated heterocycles. The topological polar surface area (TPSA) is 41.5 Å². The van der Waals surface area contributed by atoms with Crippen LogP contribution in [0.3, 0.4) is 0 Å². The summed E-state index contributed by atoms with van der Waals surface area (Å²) >= 11 is 0. The fourth-order valence-electron chi connectivity index (χ4n) is 1.66. The molecule has 102 valence electrons. The van der Waals surface area contributed by atoms with Crippen LogP contribution in [0.2, 0.25) is 0 Å². The van der Waals surface area contributed by atoms with Gasteiger partial charge in [-0.2, -0.15) is 0 Å². The summed E-state index contributed by atoms with van der Waals surface area (Å²) in [7, 11) is 0. The molecule has 18 heavy (non-hydrogen) atoms. The van der Waals surface area contributed by atoms with Crippen molar-refractivity contribution in [2.45, 2.75) is 39.3 Å². The van der Waals surface area contributed by atoms with E-state index in [1.807, 2.05) is 13.8 Å². The largest absolute Gasteiger partial charge is 0.490 e. The Morgan fingerprint density at radius 1 is 1.44 bits per heavy atom. The second-order valence-electron chi connectivity index (χ2n) is 5.06. The molecule has 0 fully saturated rings. The van der Waals surface area contributed by atoms with Gasteiger partial charge in [-0.1, -0.05) is 6.92 Å². The molecule has 0 saturated carbocycles. The van der Waals surface area contributed by atoms with Crippen LogP contribution in [0.15, 0.2) is 18.2 Å². The number of aliphatic hydroxyl groups is 1. The van der Waals surface area contributed by atoms with E-state index in [2.05, 4.69) is 5.32 Å². The summed E-state index contributed by atoms with van der Waals surface area (Å²) in [6, 6.07) is 4.43. The van der Waals surface area contributed by atoms with Crippen molar-refractivity contribution in [1.82, 2.24) is 5.32 Å². The van der Waals surface area contributed by atoms with Gasteiger partial charge in [0.2, 0.25) is 0 Å². The van der Waals surface area contributed by atoms with Gasteiger partial charge in [-0.3, -0.25) is 0 Å². The molecule has 1 aromatic carbocycles. The summed E-state index contributed by atoms with van der Waals surface area (Å²) < 4.78 is 18.9. The van der Waals surface area contributed by atoms with E-state index >= 15 is 0 Å². The minimum absolute atomic E-state index is 0.00232. The van der Waals surface area contributed by atoms with Crippen molar-refractivity contribution >= 4 is 0 Å². The molecule has 0 aliphatic heterocycles. The van der Waals surface area contributed by atoms with Gasteiger partial charge in [-0.05, 0) is 45.5 Å². The molecule has 1 rings (SSSR count). The Hall–Kier alpha value is -1.13. The number of ether oxygens (including phenoxy) is 1. The van der Waals surface area contributed by atoms with Crippen molar-refractivity contribution in [1.29, 1.82) is 0 Å². The highest BCUT2D eigenvalue weighted by Gasteiger charge is 2.17. The van der Waals surface area contributed by atoms with Crippen LogP contribution in [-0.2, 0) is 0 Å². The number of halogens is 1. The van der Waals surface area contributed by atoms with E-state index < -0.39 is 5.60 Å². The summed E-state index contributed by atoms with van der Waals surface area (Å²) in [5.41, 5.74) is -0.145. The van der Waals surface area contributed by atoms with Crippen LogP contribution in [0.5, 0.6) is 5.75 Å². The predicted molar refractivity (Wildman–Crippen MR) is 70.3 cm³/mol. The molecular formula is C14H22FNO2. The lowest BCUT2D eigenvalue weighted by Crippen LogP contribution is -2.28. The van der Waals surface area contributed by atoms with Crippen molar-refractivity contribution < 1.29 is 14.2 Å². The van der Waals surface area contributed by atoms with Gasteiger partial charge in [0.1, 0.15) is 18.2 Å². The molecule has 0 aliphatic rings. The minimum atomic E-state index is -0.910. The van der Waals surface area contributed by atoms with Gasteiger partial charge >= 0.3 is 0 Å². The molecule has 0 radical (unpaired) electrons. The summed E-state index contributed by atoms with van der Waals surface area (Å²) in [5.74, 6) is 0.317. The first-order valence-electron chi connectivity index (χ1n) is 6.21. The average molecular weight is 255 g/mol. The second-order valence-corrected chi connectivity index (χ2v) is 5.06. The molecule has 0 aliphatic carbocycles. The highest BCUT2D eigenvalue weighted by atomic mass is 19.1. The van der Waals surface area contributed by atoms with E-state index in [9.17, 15) is 9.50 Å². The lowest BCUT2D eigenvalue weighted by atomic mass is 10.1. The molecule has 3 nitrogen and oxygen atoms in total. The van der Waals surface area contributed by atoms with Gasteiger partial charge in [0.25, 0.3) is 0 Å². The monoisotopic (exact) mass is 255 g/mol. The quantitative estimate of drug-likeness (QED) is 0.821. The lowest BCUT2D eigenvalue weighted by molar-refractivity contribution is 0.0280. The average Bonchev–Trinajstić information content (AvgIpc) is 2.26. The maximum absolute atomic E-state index is 13.3. The molecule has 0 bridgehead atoms. The Morgan fingerprint density at radius 2 is 2.11 bits per heavy atom. The van der Waals surface area contributed by atoms with Crippen LogP contribution in [0.4, 0.5) is 4.39 Å². The molecule has 2 N–H and O–H groups in total. The van der Waals surface area contributed by atoms with Gasteiger partial charge < -0.3 is 15.2 Å². The first-order valence-corrected chi connectivity index (χ1v) is 6.21. The fourth-order valence-corrected chi connectivity index (χ4v) is 1.66. The van der Waals surface area contributed by atoms with Crippen molar-refractivity contribution in [3.8, 4) is 5.75 Å². The summed E-state index contributed by atoms with van der Waals surface area (Å²) in [4.78, 5) is 0. The Labute approximate surface area is 108 Å². The van der Waals surface area contributed by atoms with E-state index in [1.54, 1.807) is 19.9 Å². The van der Waals surface area contributed by atoms with Crippen molar-refractivity contribution in [2.75, 3.05) is 13.2 Å². The highest BCUT2D eigenvalue weighted by molar-refractivity contribution is 5.36.